The Labute approximate surface area is 120 Å². The summed E-state index contributed by atoms with van der Waals surface area (Å²) in [7, 11) is 1.46. The molecule has 3 nitrogen and oxygen atoms in total. The van der Waals surface area contributed by atoms with Gasteiger partial charge in [0.05, 0.1) is 11.3 Å². The van der Waals surface area contributed by atoms with Crippen molar-refractivity contribution in [1.29, 1.82) is 0 Å². The van der Waals surface area contributed by atoms with Crippen LogP contribution < -0.4 is 10.3 Å². The highest BCUT2D eigenvalue weighted by molar-refractivity contribution is 5.62. The molecule has 2 rings (SSSR count). The van der Waals surface area contributed by atoms with E-state index in [1.165, 1.54) is 29.8 Å². The summed E-state index contributed by atoms with van der Waals surface area (Å²) in [5, 5.41) is 0. The minimum absolute atomic E-state index is 0.0532. The Hall–Kier alpha value is -2.61. The summed E-state index contributed by atoms with van der Waals surface area (Å²) in [6, 6.07) is 6.41. The predicted octanol–water partition coefficient (Wildman–Crippen LogP) is 2.73. The van der Waals surface area contributed by atoms with E-state index < -0.39 is 11.6 Å². The van der Waals surface area contributed by atoms with Crippen molar-refractivity contribution in [3.8, 4) is 28.8 Å². The molecule has 0 atom stereocenters. The largest absolute Gasteiger partial charge is 0.481 e. The third-order valence-electron chi connectivity index (χ3n) is 2.94. The molecule has 0 N–H and O–H groups in total. The lowest BCUT2D eigenvalue weighted by Gasteiger charge is -2.11. The molecule has 1 aromatic carbocycles. The number of rotatable bonds is 3. The second-order valence-electron chi connectivity index (χ2n) is 4.29. The summed E-state index contributed by atoms with van der Waals surface area (Å²) in [6.45, 7) is 1.70. The molecular formula is C16H13F2NO2. The molecule has 0 aliphatic rings. The summed E-state index contributed by atoms with van der Waals surface area (Å²) >= 11 is 0. The number of benzene rings is 1. The minimum atomic E-state index is -0.796. The van der Waals surface area contributed by atoms with Crippen molar-refractivity contribution >= 4 is 0 Å². The van der Waals surface area contributed by atoms with Gasteiger partial charge in [-0.3, -0.25) is 4.79 Å². The van der Waals surface area contributed by atoms with Gasteiger partial charge >= 0.3 is 0 Å². The average molecular weight is 289 g/mol. The van der Waals surface area contributed by atoms with Crippen molar-refractivity contribution in [2.24, 2.45) is 7.05 Å². The van der Waals surface area contributed by atoms with Gasteiger partial charge < -0.3 is 9.30 Å². The Bertz CT molecular complexity index is 762. The zero-order valence-electron chi connectivity index (χ0n) is 11.6. The van der Waals surface area contributed by atoms with Gasteiger partial charge in [-0.2, -0.15) is 0 Å². The maximum atomic E-state index is 14.1. The molecule has 21 heavy (non-hydrogen) atoms. The zero-order chi connectivity index (χ0) is 15.4. The molecule has 0 bridgehead atoms. The van der Waals surface area contributed by atoms with E-state index >= 15 is 0 Å². The topological polar surface area (TPSA) is 31.2 Å². The molecule has 0 amide bonds. The molecule has 5 heteroatoms. The summed E-state index contributed by atoms with van der Waals surface area (Å²) in [5.74, 6) is 3.72. The molecule has 2 aromatic rings. The van der Waals surface area contributed by atoms with Crippen LogP contribution in [0.3, 0.4) is 0 Å². The van der Waals surface area contributed by atoms with E-state index in [0.29, 0.717) is 0 Å². The lowest BCUT2D eigenvalue weighted by atomic mass is 10.1. The first-order valence-corrected chi connectivity index (χ1v) is 6.22. The molecular weight excluding hydrogens is 276 g/mol. The molecule has 0 saturated heterocycles. The molecule has 0 saturated carbocycles. The molecule has 108 valence electrons. The number of hydrogen-bond acceptors (Lipinski definition) is 2. The SMILES string of the molecule is CC#CCOc1cc(F)c(-c2cccc(=O)n2C)c(F)c1. The Balaban J connectivity index is 2.48. The van der Waals surface area contributed by atoms with Crippen LogP contribution in [-0.4, -0.2) is 11.2 Å². The van der Waals surface area contributed by atoms with Crippen LogP contribution in [0.4, 0.5) is 8.78 Å². The zero-order valence-corrected chi connectivity index (χ0v) is 11.6. The average Bonchev–Trinajstić information content (AvgIpc) is 2.43. The van der Waals surface area contributed by atoms with Gasteiger partial charge in [0.25, 0.3) is 5.56 Å². The van der Waals surface area contributed by atoms with Crippen molar-refractivity contribution in [2.45, 2.75) is 6.92 Å². The van der Waals surface area contributed by atoms with E-state index in [0.717, 1.165) is 12.1 Å². The number of aromatic nitrogens is 1. The van der Waals surface area contributed by atoms with Gasteiger partial charge in [0.15, 0.2) is 0 Å². The summed E-state index contributed by atoms with van der Waals surface area (Å²) in [6.07, 6.45) is 0. The van der Waals surface area contributed by atoms with Gasteiger partial charge in [-0.25, -0.2) is 8.78 Å². The number of nitrogens with zero attached hydrogens (tertiary/aromatic N) is 1. The first kappa shape index (κ1) is 14.8. The van der Waals surface area contributed by atoms with Crippen molar-refractivity contribution in [2.75, 3.05) is 6.61 Å². The highest BCUT2D eigenvalue weighted by Gasteiger charge is 2.16. The highest BCUT2D eigenvalue weighted by Crippen LogP contribution is 2.28. The van der Waals surface area contributed by atoms with E-state index in [1.807, 2.05) is 0 Å². The molecule has 1 heterocycles. The fraction of sp³-hybridized carbons (Fsp3) is 0.188. The van der Waals surface area contributed by atoms with Crippen molar-refractivity contribution in [3.05, 3.63) is 52.3 Å². The minimum Gasteiger partial charge on any atom is -0.481 e. The highest BCUT2D eigenvalue weighted by atomic mass is 19.1. The Kier molecular flexibility index (Phi) is 4.39. The molecule has 1 aromatic heterocycles. The summed E-state index contributed by atoms with van der Waals surface area (Å²) in [4.78, 5) is 11.6. The molecule has 0 aliphatic carbocycles. The smallest absolute Gasteiger partial charge is 0.250 e. The normalized spacial score (nSPS) is 9.90. The lowest BCUT2D eigenvalue weighted by molar-refractivity contribution is 0.365. The fourth-order valence-electron chi connectivity index (χ4n) is 1.88. The molecule has 0 aliphatic heterocycles. The van der Waals surface area contributed by atoms with E-state index in [-0.39, 0.29) is 29.2 Å². The van der Waals surface area contributed by atoms with Gasteiger partial charge in [0, 0.05) is 25.2 Å². The van der Waals surface area contributed by atoms with Crippen LogP contribution >= 0.6 is 0 Å². The first-order chi connectivity index (χ1) is 10.0. The van der Waals surface area contributed by atoms with Crippen LogP contribution in [0.15, 0.2) is 35.1 Å². The van der Waals surface area contributed by atoms with E-state index in [9.17, 15) is 13.6 Å². The van der Waals surface area contributed by atoms with Gasteiger partial charge in [-0.05, 0) is 13.0 Å². The number of halogens is 2. The van der Waals surface area contributed by atoms with Crippen LogP contribution in [-0.2, 0) is 7.05 Å². The van der Waals surface area contributed by atoms with E-state index in [4.69, 9.17) is 4.74 Å². The number of pyridine rings is 1. The fourth-order valence-corrected chi connectivity index (χ4v) is 1.88. The van der Waals surface area contributed by atoms with Gasteiger partial charge in [0.2, 0.25) is 0 Å². The molecule has 0 spiro atoms. The van der Waals surface area contributed by atoms with E-state index in [2.05, 4.69) is 11.8 Å². The second-order valence-corrected chi connectivity index (χ2v) is 4.29. The van der Waals surface area contributed by atoms with Gasteiger partial charge in [-0.15, -0.1) is 5.92 Å². The Morgan fingerprint density at radius 1 is 1.24 bits per heavy atom. The van der Waals surface area contributed by atoms with Crippen LogP contribution in [0.5, 0.6) is 5.75 Å². The van der Waals surface area contributed by atoms with Gasteiger partial charge in [-0.1, -0.05) is 12.0 Å². The Morgan fingerprint density at radius 2 is 1.90 bits per heavy atom. The van der Waals surface area contributed by atoms with Crippen LogP contribution in [0.2, 0.25) is 0 Å². The lowest BCUT2D eigenvalue weighted by Crippen LogP contribution is -2.17. The van der Waals surface area contributed by atoms with Crippen LogP contribution in [0.1, 0.15) is 6.92 Å². The summed E-state index contributed by atoms with van der Waals surface area (Å²) in [5.41, 5.74) is -0.439. The van der Waals surface area contributed by atoms with Crippen molar-refractivity contribution in [1.82, 2.24) is 4.57 Å². The standard InChI is InChI=1S/C16H13F2NO2/c1-3-4-8-21-11-9-12(17)16(13(18)10-11)14-6-5-7-15(20)19(14)2/h5-7,9-10H,8H2,1-2H3. The Morgan fingerprint density at radius 3 is 2.52 bits per heavy atom. The molecule has 0 radical (unpaired) electrons. The van der Waals surface area contributed by atoms with E-state index in [1.54, 1.807) is 6.92 Å². The summed E-state index contributed by atoms with van der Waals surface area (Å²) < 4.78 is 34.6. The van der Waals surface area contributed by atoms with Crippen LogP contribution in [0.25, 0.3) is 11.3 Å². The maximum Gasteiger partial charge on any atom is 0.250 e. The molecule has 0 fully saturated rings. The quantitative estimate of drug-likeness (QED) is 0.814. The third-order valence-corrected chi connectivity index (χ3v) is 2.94. The number of ether oxygens (including phenoxy) is 1. The third kappa shape index (κ3) is 3.11. The van der Waals surface area contributed by atoms with Gasteiger partial charge in [0.1, 0.15) is 24.0 Å². The molecule has 0 unspecified atom stereocenters. The number of hydrogen-bond donors (Lipinski definition) is 0. The first-order valence-electron chi connectivity index (χ1n) is 6.22. The maximum absolute atomic E-state index is 14.1. The van der Waals surface area contributed by atoms with Crippen molar-refractivity contribution in [3.63, 3.8) is 0 Å². The van der Waals surface area contributed by atoms with Crippen molar-refractivity contribution < 1.29 is 13.5 Å². The predicted molar refractivity (Wildman–Crippen MR) is 76.0 cm³/mol. The van der Waals surface area contributed by atoms with Crippen LogP contribution in [0, 0.1) is 23.5 Å². The monoisotopic (exact) mass is 289 g/mol. The second kappa shape index (κ2) is 6.23.